The van der Waals surface area contributed by atoms with Gasteiger partial charge in [0.15, 0.2) is 11.5 Å². The number of nitrogens with zero attached hydrogens (tertiary/aromatic N) is 4. The largest absolute Gasteiger partial charge is 0.447 e. The molecule has 1 amide bonds. The van der Waals surface area contributed by atoms with E-state index in [1.807, 2.05) is 0 Å². The summed E-state index contributed by atoms with van der Waals surface area (Å²) in [5, 5.41) is 0. The number of amides is 1. The van der Waals surface area contributed by atoms with Crippen LogP contribution in [0.4, 0.5) is 10.6 Å². The Bertz CT molecular complexity index is 899. The summed E-state index contributed by atoms with van der Waals surface area (Å²) in [6.45, 7) is -0.254. The van der Waals surface area contributed by atoms with Crippen molar-refractivity contribution in [3.63, 3.8) is 0 Å². The van der Waals surface area contributed by atoms with Crippen LogP contribution < -0.4 is 11.5 Å². The van der Waals surface area contributed by atoms with Crippen molar-refractivity contribution in [2.24, 2.45) is 5.73 Å². The highest BCUT2D eigenvalue weighted by atomic mass is 32.2. The molecule has 13 heteroatoms. The summed E-state index contributed by atoms with van der Waals surface area (Å²) < 4.78 is 40.0. The molecule has 1 saturated heterocycles. The lowest BCUT2D eigenvalue weighted by molar-refractivity contribution is -0.0407. The van der Waals surface area contributed by atoms with Gasteiger partial charge in [-0.05, 0) is 0 Å². The van der Waals surface area contributed by atoms with E-state index in [4.69, 9.17) is 25.1 Å². The maximum Gasteiger partial charge on any atom is 0.404 e. The number of fused-ring (bicyclic) bond motifs is 1. The zero-order chi connectivity index (χ0) is 18.2. The van der Waals surface area contributed by atoms with Gasteiger partial charge in [0.1, 0.15) is 36.9 Å². The van der Waals surface area contributed by atoms with E-state index in [0.717, 1.165) is 6.26 Å². The van der Waals surface area contributed by atoms with E-state index in [-0.39, 0.29) is 18.8 Å². The number of aromatic nitrogens is 4. The molecule has 4 N–H and O–H groups in total. The first-order valence-corrected chi connectivity index (χ1v) is 8.95. The molecule has 0 bridgehead atoms. The second-order valence-corrected chi connectivity index (χ2v) is 7.02. The summed E-state index contributed by atoms with van der Waals surface area (Å²) in [6, 6.07) is 0. The zero-order valence-electron chi connectivity index (χ0n) is 13.1. The molecular weight excluding hydrogens is 356 g/mol. The highest BCUT2D eigenvalue weighted by Crippen LogP contribution is 2.33. The average molecular weight is 372 g/mol. The predicted octanol–water partition coefficient (Wildman–Crippen LogP) is -0.864. The van der Waals surface area contributed by atoms with Crippen molar-refractivity contribution in [3.05, 3.63) is 12.7 Å². The minimum absolute atomic E-state index is 0.162. The molecule has 3 atom stereocenters. The molecule has 1 aliphatic heterocycles. The van der Waals surface area contributed by atoms with Crippen LogP contribution in [0.1, 0.15) is 12.6 Å². The number of rotatable bonds is 5. The molecule has 0 radical (unpaired) electrons. The number of nitrogens with two attached hydrogens (primary N) is 2. The lowest BCUT2D eigenvalue weighted by atomic mass is 10.2. The molecule has 0 aromatic carbocycles. The van der Waals surface area contributed by atoms with Crippen molar-refractivity contribution < 1.29 is 26.9 Å². The normalized spacial score (nSPS) is 23.8. The highest BCUT2D eigenvalue weighted by Gasteiger charge is 2.40. The van der Waals surface area contributed by atoms with E-state index < -0.39 is 34.6 Å². The summed E-state index contributed by atoms with van der Waals surface area (Å²) >= 11 is 0. The molecule has 3 rings (SSSR count). The van der Waals surface area contributed by atoms with Gasteiger partial charge in [0, 0.05) is 6.42 Å². The lowest BCUT2D eigenvalue weighted by Crippen LogP contribution is -2.32. The van der Waals surface area contributed by atoms with Gasteiger partial charge in [0.05, 0.1) is 12.6 Å². The summed E-state index contributed by atoms with van der Waals surface area (Å²) in [7, 11) is -3.74. The Kier molecular flexibility index (Phi) is 4.45. The van der Waals surface area contributed by atoms with Gasteiger partial charge in [-0.2, -0.15) is 8.42 Å². The highest BCUT2D eigenvalue weighted by molar-refractivity contribution is 7.86. The Labute approximate surface area is 142 Å². The third-order valence-electron chi connectivity index (χ3n) is 3.57. The molecule has 136 valence electrons. The molecule has 12 nitrogen and oxygen atoms in total. The van der Waals surface area contributed by atoms with Gasteiger partial charge in [-0.3, -0.25) is 8.75 Å². The van der Waals surface area contributed by atoms with Gasteiger partial charge in [0.25, 0.3) is 10.1 Å². The fourth-order valence-corrected chi connectivity index (χ4v) is 3.24. The summed E-state index contributed by atoms with van der Waals surface area (Å²) in [5.74, 6) is 0.208. The van der Waals surface area contributed by atoms with Gasteiger partial charge in [-0.1, -0.05) is 0 Å². The summed E-state index contributed by atoms with van der Waals surface area (Å²) in [6.07, 6.45) is 0.478. The van der Waals surface area contributed by atoms with Crippen molar-refractivity contribution >= 4 is 33.2 Å². The third kappa shape index (κ3) is 3.78. The number of ether oxygens (including phenoxy) is 2. The second-order valence-electron chi connectivity index (χ2n) is 5.42. The first-order valence-electron chi connectivity index (χ1n) is 7.13. The maximum atomic E-state index is 11.5. The number of carbonyl (C=O) groups is 1. The van der Waals surface area contributed by atoms with Crippen LogP contribution in [0, 0.1) is 0 Å². The Morgan fingerprint density at radius 1 is 1.44 bits per heavy atom. The number of hydrogen-bond donors (Lipinski definition) is 2. The molecule has 1 aliphatic rings. The molecule has 0 saturated carbocycles. The van der Waals surface area contributed by atoms with Gasteiger partial charge in [-0.15, -0.1) is 0 Å². The molecule has 0 spiro atoms. The molecule has 0 aliphatic carbocycles. The first kappa shape index (κ1) is 17.3. The van der Waals surface area contributed by atoms with E-state index in [1.54, 1.807) is 4.57 Å². The van der Waals surface area contributed by atoms with Crippen LogP contribution in [0.15, 0.2) is 12.7 Å². The SMILES string of the molecule is CS(=O)(=O)O[C@H]1C[C@H](n2cnc3c(N)ncnc32)O[C@@H]1COC(N)=O. The second kappa shape index (κ2) is 6.42. The van der Waals surface area contributed by atoms with Crippen molar-refractivity contribution in [1.29, 1.82) is 0 Å². The summed E-state index contributed by atoms with van der Waals surface area (Å²) in [4.78, 5) is 22.9. The van der Waals surface area contributed by atoms with Crippen LogP contribution in [0.5, 0.6) is 0 Å². The fourth-order valence-electron chi connectivity index (χ4n) is 2.59. The van der Waals surface area contributed by atoms with Crippen molar-refractivity contribution in [2.75, 3.05) is 18.6 Å². The average Bonchev–Trinajstić information content (AvgIpc) is 3.08. The van der Waals surface area contributed by atoms with Crippen LogP contribution in [0.25, 0.3) is 11.2 Å². The quantitative estimate of drug-likeness (QED) is 0.628. The zero-order valence-corrected chi connectivity index (χ0v) is 13.9. The first-order chi connectivity index (χ1) is 11.7. The third-order valence-corrected chi connectivity index (χ3v) is 4.16. The molecule has 25 heavy (non-hydrogen) atoms. The number of imidazole rings is 1. The number of hydrogen-bond acceptors (Lipinski definition) is 10. The fraction of sp³-hybridized carbons (Fsp3) is 0.500. The van der Waals surface area contributed by atoms with Crippen LogP contribution in [-0.2, 0) is 23.8 Å². The van der Waals surface area contributed by atoms with Gasteiger partial charge >= 0.3 is 6.09 Å². The Morgan fingerprint density at radius 2 is 2.20 bits per heavy atom. The Balaban J connectivity index is 1.87. The predicted molar refractivity (Wildman–Crippen MR) is 83.5 cm³/mol. The molecule has 0 unspecified atom stereocenters. The number of primary amides is 1. The minimum atomic E-state index is -3.74. The number of anilines is 1. The molecule has 2 aromatic heterocycles. The van der Waals surface area contributed by atoms with Gasteiger partial charge in [0.2, 0.25) is 0 Å². The monoisotopic (exact) mass is 372 g/mol. The molecule has 3 heterocycles. The topological polar surface area (TPSA) is 175 Å². The number of carbonyl (C=O) groups excluding carboxylic acids is 1. The molecule has 2 aromatic rings. The number of nitrogen functional groups attached to an aromatic ring is 1. The molecule has 1 fully saturated rings. The smallest absolute Gasteiger partial charge is 0.404 e. The maximum absolute atomic E-state index is 11.5. The van der Waals surface area contributed by atoms with Crippen LogP contribution >= 0.6 is 0 Å². The summed E-state index contributed by atoms with van der Waals surface area (Å²) in [5.41, 5.74) is 11.5. The Hall–Kier alpha value is -2.51. The Morgan fingerprint density at radius 3 is 2.88 bits per heavy atom. The van der Waals surface area contributed by atoms with Crippen molar-refractivity contribution in [2.45, 2.75) is 24.9 Å². The van der Waals surface area contributed by atoms with E-state index in [9.17, 15) is 13.2 Å². The van der Waals surface area contributed by atoms with Gasteiger partial charge in [-0.25, -0.2) is 19.7 Å². The van der Waals surface area contributed by atoms with E-state index in [2.05, 4.69) is 15.0 Å². The van der Waals surface area contributed by atoms with E-state index in [1.165, 1.54) is 12.7 Å². The van der Waals surface area contributed by atoms with Crippen molar-refractivity contribution in [1.82, 2.24) is 19.5 Å². The van der Waals surface area contributed by atoms with E-state index in [0.29, 0.717) is 11.2 Å². The minimum Gasteiger partial charge on any atom is -0.447 e. The van der Waals surface area contributed by atoms with Gasteiger partial charge < -0.3 is 20.9 Å². The van der Waals surface area contributed by atoms with Crippen LogP contribution in [0.3, 0.4) is 0 Å². The van der Waals surface area contributed by atoms with Crippen molar-refractivity contribution in [3.8, 4) is 0 Å². The van der Waals surface area contributed by atoms with Crippen LogP contribution in [-0.4, -0.2) is 59.1 Å². The molecular formula is C12H16N6O6S. The van der Waals surface area contributed by atoms with Crippen LogP contribution in [0.2, 0.25) is 0 Å². The standard InChI is InChI=1S/C12H16N6O6S/c1-25(20,21)24-6-2-8(23-7(6)3-22-12(14)19)18-5-17-9-10(13)15-4-16-11(9)18/h4-8H,2-3H2,1H3,(H2,14,19)(H2,13,15,16)/t6-,7+,8+/m0/s1. The lowest BCUT2D eigenvalue weighted by Gasteiger charge is -2.17. The van der Waals surface area contributed by atoms with E-state index >= 15 is 0 Å².